The van der Waals surface area contributed by atoms with Gasteiger partial charge in [0.05, 0.1) is 0 Å². The van der Waals surface area contributed by atoms with Crippen LogP contribution in [0.4, 0.5) is 0 Å². The summed E-state index contributed by atoms with van der Waals surface area (Å²) in [6.07, 6.45) is 0.946. The van der Waals surface area contributed by atoms with E-state index in [1.165, 1.54) is 0 Å². The van der Waals surface area contributed by atoms with Gasteiger partial charge in [0.2, 0.25) is 0 Å². The third-order valence-corrected chi connectivity index (χ3v) is 3.38. The summed E-state index contributed by atoms with van der Waals surface area (Å²) in [5.41, 5.74) is -0.112. The van der Waals surface area contributed by atoms with Gasteiger partial charge in [0.1, 0.15) is 0 Å². The van der Waals surface area contributed by atoms with Gasteiger partial charge in [-0.2, -0.15) is 0 Å². The molecule has 0 aliphatic heterocycles. The van der Waals surface area contributed by atoms with Crippen LogP contribution in [0.1, 0.15) is 13.3 Å². The smallest absolute Gasteiger partial charge is 0.270 e. The second-order valence-corrected chi connectivity index (χ2v) is 4.36. The highest BCUT2D eigenvalue weighted by Crippen LogP contribution is 2.13. The van der Waals surface area contributed by atoms with Gasteiger partial charge in [0.15, 0.2) is 5.16 Å². The minimum atomic E-state index is -0.112. The predicted molar refractivity (Wildman–Crippen MR) is 57.7 cm³/mol. The summed E-state index contributed by atoms with van der Waals surface area (Å²) in [6.45, 7) is 2.78. The number of nitrogens with one attached hydrogen (secondary N) is 1. The van der Waals surface area contributed by atoms with Gasteiger partial charge in [-0.15, -0.1) is 5.10 Å². The molecular formula is C7H12BrN3OS. The highest BCUT2D eigenvalue weighted by molar-refractivity contribution is 9.09. The molecule has 0 saturated carbocycles. The van der Waals surface area contributed by atoms with Crippen LogP contribution in [0.15, 0.2) is 9.95 Å². The van der Waals surface area contributed by atoms with E-state index in [0.717, 1.165) is 29.2 Å². The molecule has 13 heavy (non-hydrogen) atoms. The van der Waals surface area contributed by atoms with Crippen molar-refractivity contribution in [2.24, 2.45) is 0 Å². The molecule has 1 rings (SSSR count). The van der Waals surface area contributed by atoms with Crippen LogP contribution in [-0.4, -0.2) is 25.8 Å². The van der Waals surface area contributed by atoms with E-state index in [1.54, 1.807) is 16.3 Å². The molecule has 0 amide bonds. The van der Waals surface area contributed by atoms with Crippen LogP contribution in [-0.2, 0) is 6.54 Å². The predicted octanol–water partition coefficient (Wildman–Crippen LogP) is 1.47. The zero-order valence-electron chi connectivity index (χ0n) is 7.42. The third kappa shape index (κ3) is 2.87. The lowest BCUT2D eigenvalue weighted by Gasteiger charge is -2.01. The van der Waals surface area contributed by atoms with E-state index in [4.69, 9.17) is 0 Å². The summed E-state index contributed by atoms with van der Waals surface area (Å²) in [4.78, 5) is 11.2. The number of rotatable bonds is 5. The quantitative estimate of drug-likeness (QED) is 0.648. The summed E-state index contributed by atoms with van der Waals surface area (Å²) < 4.78 is 1.67. The van der Waals surface area contributed by atoms with Gasteiger partial charge in [0, 0.05) is 17.6 Å². The number of halogens is 1. The second kappa shape index (κ2) is 5.49. The van der Waals surface area contributed by atoms with Gasteiger partial charge >= 0.3 is 5.69 Å². The van der Waals surface area contributed by atoms with Crippen LogP contribution in [0.2, 0.25) is 0 Å². The zero-order chi connectivity index (χ0) is 9.68. The molecule has 0 aliphatic carbocycles. The van der Waals surface area contributed by atoms with Crippen molar-refractivity contribution in [3.05, 3.63) is 10.5 Å². The molecule has 0 aromatic carbocycles. The van der Waals surface area contributed by atoms with Gasteiger partial charge in [-0.3, -0.25) is 4.57 Å². The van der Waals surface area contributed by atoms with Gasteiger partial charge in [-0.05, 0) is 6.42 Å². The van der Waals surface area contributed by atoms with E-state index < -0.39 is 0 Å². The maximum Gasteiger partial charge on any atom is 0.343 e. The fourth-order valence-electron chi connectivity index (χ4n) is 0.964. The molecule has 1 aromatic rings. The lowest BCUT2D eigenvalue weighted by Crippen LogP contribution is -2.17. The number of nitrogens with zero attached hydrogens (tertiary/aromatic N) is 2. The van der Waals surface area contributed by atoms with E-state index in [2.05, 4.69) is 26.1 Å². The average Bonchev–Trinajstić information content (AvgIpc) is 2.46. The number of aromatic nitrogens is 3. The largest absolute Gasteiger partial charge is 0.343 e. The first kappa shape index (κ1) is 10.8. The number of hydrogen-bond donors (Lipinski definition) is 1. The van der Waals surface area contributed by atoms with Crippen molar-refractivity contribution in [1.82, 2.24) is 14.8 Å². The number of thioether (sulfide) groups is 1. The van der Waals surface area contributed by atoms with Crippen molar-refractivity contribution in [3.8, 4) is 0 Å². The Bertz CT molecular complexity index is 309. The van der Waals surface area contributed by atoms with Crippen LogP contribution >= 0.6 is 27.7 Å². The summed E-state index contributed by atoms with van der Waals surface area (Å²) in [6, 6.07) is 0. The van der Waals surface area contributed by atoms with Crippen LogP contribution in [0.25, 0.3) is 0 Å². The molecule has 1 heterocycles. The van der Waals surface area contributed by atoms with E-state index in [1.807, 2.05) is 6.92 Å². The Morgan fingerprint density at radius 3 is 3.08 bits per heavy atom. The number of alkyl halides is 1. The average molecular weight is 266 g/mol. The van der Waals surface area contributed by atoms with Gasteiger partial charge < -0.3 is 0 Å². The molecule has 0 radical (unpaired) electrons. The molecule has 0 fully saturated rings. The topological polar surface area (TPSA) is 50.7 Å². The lowest BCUT2D eigenvalue weighted by molar-refractivity contribution is 0.604. The monoisotopic (exact) mass is 265 g/mol. The van der Waals surface area contributed by atoms with Crippen LogP contribution in [0.5, 0.6) is 0 Å². The first-order valence-electron chi connectivity index (χ1n) is 4.13. The zero-order valence-corrected chi connectivity index (χ0v) is 9.82. The van der Waals surface area contributed by atoms with Crippen LogP contribution < -0.4 is 5.69 Å². The van der Waals surface area contributed by atoms with Crippen LogP contribution in [0.3, 0.4) is 0 Å². The third-order valence-electron chi connectivity index (χ3n) is 1.48. The van der Waals surface area contributed by atoms with Crippen molar-refractivity contribution in [2.45, 2.75) is 25.0 Å². The van der Waals surface area contributed by atoms with Crippen molar-refractivity contribution in [1.29, 1.82) is 0 Å². The molecule has 1 aromatic heterocycles. The Morgan fingerprint density at radius 1 is 1.69 bits per heavy atom. The highest BCUT2D eigenvalue weighted by atomic mass is 79.9. The van der Waals surface area contributed by atoms with E-state index >= 15 is 0 Å². The molecule has 4 nitrogen and oxygen atoms in total. The minimum Gasteiger partial charge on any atom is -0.270 e. The van der Waals surface area contributed by atoms with Gasteiger partial charge in [-0.25, -0.2) is 9.89 Å². The molecule has 0 atom stereocenters. The first-order chi connectivity index (χ1) is 6.29. The molecular weight excluding hydrogens is 254 g/mol. The Kier molecular flexibility index (Phi) is 4.58. The Labute approximate surface area is 89.2 Å². The summed E-state index contributed by atoms with van der Waals surface area (Å²) in [7, 11) is 0. The normalized spacial score (nSPS) is 10.6. The molecule has 1 N–H and O–H groups in total. The van der Waals surface area contributed by atoms with Gasteiger partial charge in [-0.1, -0.05) is 34.6 Å². The molecule has 0 aliphatic rings. The minimum absolute atomic E-state index is 0.112. The van der Waals surface area contributed by atoms with Crippen molar-refractivity contribution in [2.75, 3.05) is 11.1 Å². The summed E-state index contributed by atoms with van der Waals surface area (Å²) in [5.74, 6) is 0.925. The van der Waals surface area contributed by atoms with Crippen molar-refractivity contribution in [3.63, 3.8) is 0 Å². The van der Waals surface area contributed by atoms with Crippen molar-refractivity contribution >= 4 is 27.7 Å². The fraction of sp³-hybridized carbons (Fsp3) is 0.714. The summed E-state index contributed by atoms with van der Waals surface area (Å²) >= 11 is 4.91. The lowest BCUT2D eigenvalue weighted by atomic mass is 10.5. The SMILES string of the molecule is CCCn1c(SCCBr)n[nH]c1=O. The maximum absolute atomic E-state index is 11.2. The molecule has 0 saturated heterocycles. The Hall–Kier alpha value is -0.230. The number of H-pyrrole nitrogens is 1. The molecule has 0 unspecified atom stereocenters. The van der Waals surface area contributed by atoms with E-state index in [0.29, 0.717) is 0 Å². The summed E-state index contributed by atoms with van der Waals surface area (Å²) in [5, 5.41) is 8.08. The molecule has 0 bridgehead atoms. The van der Waals surface area contributed by atoms with E-state index in [9.17, 15) is 4.79 Å². The second-order valence-electron chi connectivity index (χ2n) is 2.50. The highest BCUT2D eigenvalue weighted by Gasteiger charge is 2.06. The molecule has 74 valence electrons. The van der Waals surface area contributed by atoms with Crippen LogP contribution in [0, 0.1) is 0 Å². The Balaban J connectivity index is 2.74. The maximum atomic E-state index is 11.2. The fourth-order valence-corrected chi connectivity index (χ4v) is 2.15. The standard InChI is InChI=1S/C7H12BrN3OS/c1-2-4-11-6(12)9-10-7(11)13-5-3-8/h2-5H2,1H3,(H,9,12). The number of aromatic amines is 1. The first-order valence-corrected chi connectivity index (χ1v) is 6.24. The van der Waals surface area contributed by atoms with Crippen molar-refractivity contribution < 1.29 is 0 Å². The van der Waals surface area contributed by atoms with E-state index in [-0.39, 0.29) is 5.69 Å². The molecule has 6 heteroatoms. The molecule has 0 spiro atoms. The van der Waals surface area contributed by atoms with Gasteiger partial charge in [0.25, 0.3) is 0 Å². The number of hydrogen-bond acceptors (Lipinski definition) is 3. The Morgan fingerprint density at radius 2 is 2.46 bits per heavy atom.